The fourth-order valence-corrected chi connectivity index (χ4v) is 3.11. The van der Waals surface area contributed by atoms with Gasteiger partial charge < -0.3 is 17.2 Å². The van der Waals surface area contributed by atoms with Gasteiger partial charge in [-0.3, -0.25) is 0 Å². The van der Waals surface area contributed by atoms with Crippen LogP contribution in [0.1, 0.15) is 54.2 Å². The fraction of sp³-hybridized carbons (Fsp3) is 0.600. The molecule has 0 atom stereocenters. The minimum Gasteiger partial charge on any atom is -0.326 e. The second-order valence-electron chi connectivity index (χ2n) is 4.54. The first kappa shape index (κ1) is 15.2. The summed E-state index contributed by atoms with van der Waals surface area (Å²) < 4.78 is 0. The van der Waals surface area contributed by atoms with Crippen LogP contribution in [0, 0.1) is 0 Å². The van der Waals surface area contributed by atoms with E-state index in [4.69, 9.17) is 17.2 Å². The van der Waals surface area contributed by atoms with Gasteiger partial charge in [0, 0.05) is 19.6 Å². The van der Waals surface area contributed by atoms with Crippen molar-refractivity contribution in [2.24, 2.45) is 17.2 Å². The van der Waals surface area contributed by atoms with E-state index in [1.54, 1.807) is 0 Å². The predicted molar refractivity (Wildman–Crippen MR) is 78.3 cm³/mol. The van der Waals surface area contributed by atoms with Gasteiger partial charge in [0.25, 0.3) is 0 Å². The van der Waals surface area contributed by atoms with Crippen molar-refractivity contribution in [2.75, 3.05) is 0 Å². The Balaban J connectivity index is 3.71. The topological polar surface area (TPSA) is 78.1 Å². The van der Waals surface area contributed by atoms with Crippen molar-refractivity contribution in [2.45, 2.75) is 59.7 Å². The average molecular weight is 249 g/mol. The van der Waals surface area contributed by atoms with E-state index in [0.29, 0.717) is 19.6 Å². The highest BCUT2D eigenvalue weighted by Crippen LogP contribution is 2.29. The molecule has 6 N–H and O–H groups in total. The Morgan fingerprint density at radius 3 is 0.833 bits per heavy atom. The lowest BCUT2D eigenvalue weighted by Gasteiger charge is -2.24. The maximum atomic E-state index is 5.96. The van der Waals surface area contributed by atoms with E-state index < -0.39 is 0 Å². The first-order valence-electron chi connectivity index (χ1n) is 6.97. The standard InChI is InChI=1S/C15H27N3/c1-4-10-13(7-16)11(5-2)15(9-18)12(6-3)14(10)8-17/h4-9,16-18H2,1-3H3. The second-order valence-corrected chi connectivity index (χ2v) is 4.54. The van der Waals surface area contributed by atoms with Crippen LogP contribution in [-0.4, -0.2) is 0 Å². The second kappa shape index (κ2) is 6.88. The number of hydrogen-bond acceptors (Lipinski definition) is 3. The Kier molecular flexibility index (Phi) is 5.79. The Labute approximate surface area is 111 Å². The van der Waals surface area contributed by atoms with E-state index in [1.165, 1.54) is 33.4 Å². The quantitative estimate of drug-likeness (QED) is 0.718. The van der Waals surface area contributed by atoms with E-state index in [-0.39, 0.29) is 0 Å². The van der Waals surface area contributed by atoms with Gasteiger partial charge in [0.1, 0.15) is 0 Å². The van der Waals surface area contributed by atoms with Crippen molar-refractivity contribution >= 4 is 0 Å². The maximum Gasteiger partial charge on any atom is 0.0183 e. The van der Waals surface area contributed by atoms with Crippen LogP contribution < -0.4 is 17.2 Å². The van der Waals surface area contributed by atoms with Crippen molar-refractivity contribution in [3.05, 3.63) is 33.4 Å². The fourth-order valence-electron chi connectivity index (χ4n) is 3.11. The lowest BCUT2D eigenvalue weighted by Crippen LogP contribution is -2.18. The van der Waals surface area contributed by atoms with E-state index in [9.17, 15) is 0 Å². The summed E-state index contributed by atoms with van der Waals surface area (Å²) in [4.78, 5) is 0. The molecule has 1 aromatic carbocycles. The summed E-state index contributed by atoms with van der Waals surface area (Å²) in [5.74, 6) is 0. The van der Waals surface area contributed by atoms with Gasteiger partial charge in [-0.1, -0.05) is 20.8 Å². The van der Waals surface area contributed by atoms with E-state index in [2.05, 4.69) is 20.8 Å². The molecule has 0 aliphatic heterocycles. The maximum absolute atomic E-state index is 5.96. The molecule has 1 rings (SSSR count). The van der Waals surface area contributed by atoms with Crippen LogP contribution in [0.4, 0.5) is 0 Å². The van der Waals surface area contributed by atoms with Crippen LogP contribution in [0.5, 0.6) is 0 Å². The monoisotopic (exact) mass is 249 g/mol. The summed E-state index contributed by atoms with van der Waals surface area (Å²) in [5, 5.41) is 0. The zero-order valence-corrected chi connectivity index (χ0v) is 12.0. The lowest BCUT2D eigenvalue weighted by molar-refractivity contribution is 0.852. The average Bonchev–Trinajstić information content (AvgIpc) is 2.43. The minimum absolute atomic E-state index is 0.580. The number of hydrogen-bond donors (Lipinski definition) is 3. The molecule has 0 spiro atoms. The molecule has 1 aromatic rings. The van der Waals surface area contributed by atoms with Gasteiger partial charge in [-0.15, -0.1) is 0 Å². The van der Waals surface area contributed by atoms with Gasteiger partial charge in [-0.2, -0.15) is 0 Å². The third-order valence-corrected chi connectivity index (χ3v) is 3.86. The van der Waals surface area contributed by atoms with Gasteiger partial charge in [-0.25, -0.2) is 0 Å². The van der Waals surface area contributed by atoms with Crippen molar-refractivity contribution in [3.8, 4) is 0 Å². The predicted octanol–water partition coefficient (Wildman–Crippen LogP) is 1.75. The summed E-state index contributed by atoms with van der Waals surface area (Å²) in [6.45, 7) is 8.26. The molecule has 0 radical (unpaired) electrons. The molecule has 0 saturated carbocycles. The van der Waals surface area contributed by atoms with Crippen molar-refractivity contribution in [3.63, 3.8) is 0 Å². The number of nitrogens with two attached hydrogens (primary N) is 3. The summed E-state index contributed by atoms with van der Waals surface area (Å²) >= 11 is 0. The molecule has 3 nitrogen and oxygen atoms in total. The molecular weight excluding hydrogens is 222 g/mol. The van der Waals surface area contributed by atoms with Crippen molar-refractivity contribution in [1.82, 2.24) is 0 Å². The lowest BCUT2D eigenvalue weighted by atomic mass is 9.83. The first-order valence-corrected chi connectivity index (χ1v) is 6.97. The van der Waals surface area contributed by atoms with Crippen molar-refractivity contribution < 1.29 is 0 Å². The van der Waals surface area contributed by atoms with Gasteiger partial charge >= 0.3 is 0 Å². The Morgan fingerprint density at radius 2 is 0.722 bits per heavy atom. The van der Waals surface area contributed by atoms with Crippen LogP contribution in [0.15, 0.2) is 0 Å². The molecule has 0 aromatic heterocycles. The van der Waals surface area contributed by atoms with E-state index >= 15 is 0 Å². The molecule has 0 aliphatic carbocycles. The molecule has 0 heterocycles. The smallest absolute Gasteiger partial charge is 0.0183 e. The molecule has 3 heteroatoms. The molecule has 18 heavy (non-hydrogen) atoms. The molecule has 0 aliphatic rings. The molecule has 0 bridgehead atoms. The van der Waals surface area contributed by atoms with E-state index in [0.717, 1.165) is 19.3 Å². The van der Waals surface area contributed by atoms with Crippen molar-refractivity contribution in [1.29, 1.82) is 0 Å². The summed E-state index contributed by atoms with van der Waals surface area (Å²) in [5.41, 5.74) is 25.8. The van der Waals surface area contributed by atoms with Gasteiger partial charge in [-0.05, 0) is 52.6 Å². The largest absolute Gasteiger partial charge is 0.326 e. The summed E-state index contributed by atoms with van der Waals surface area (Å²) in [7, 11) is 0. The first-order chi connectivity index (χ1) is 8.69. The highest BCUT2D eigenvalue weighted by Gasteiger charge is 2.18. The highest BCUT2D eigenvalue weighted by molar-refractivity contribution is 5.52. The minimum atomic E-state index is 0.580. The molecule has 0 amide bonds. The van der Waals surface area contributed by atoms with Crippen LogP contribution >= 0.6 is 0 Å². The zero-order valence-electron chi connectivity index (χ0n) is 12.0. The van der Waals surface area contributed by atoms with Crippen LogP contribution in [0.2, 0.25) is 0 Å². The van der Waals surface area contributed by atoms with Crippen LogP contribution in [0.25, 0.3) is 0 Å². The van der Waals surface area contributed by atoms with Gasteiger partial charge in [0.15, 0.2) is 0 Å². The van der Waals surface area contributed by atoms with E-state index in [1.807, 2.05) is 0 Å². The Bertz CT molecular complexity index is 290. The SMILES string of the molecule is CCc1c(CN)c(CC)c(CN)c(CC)c1CN. The highest BCUT2D eigenvalue weighted by atomic mass is 14.6. The Morgan fingerprint density at radius 1 is 0.500 bits per heavy atom. The normalized spacial score (nSPS) is 11.0. The molecule has 0 unspecified atom stereocenters. The number of rotatable bonds is 6. The molecular formula is C15H27N3. The third-order valence-electron chi connectivity index (χ3n) is 3.86. The van der Waals surface area contributed by atoms with Crippen LogP contribution in [-0.2, 0) is 38.9 Å². The summed E-state index contributed by atoms with van der Waals surface area (Å²) in [6.07, 6.45) is 2.97. The third kappa shape index (κ3) is 2.44. The van der Waals surface area contributed by atoms with Gasteiger partial charge in [0.2, 0.25) is 0 Å². The summed E-state index contributed by atoms with van der Waals surface area (Å²) in [6, 6.07) is 0. The molecule has 0 saturated heterocycles. The molecule has 0 fully saturated rings. The van der Waals surface area contributed by atoms with Crippen LogP contribution in [0.3, 0.4) is 0 Å². The van der Waals surface area contributed by atoms with Gasteiger partial charge in [0.05, 0.1) is 0 Å². The number of benzene rings is 1. The Hall–Kier alpha value is -0.900. The molecule has 102 valence electrons. The zero-order chi connectivity index (χ0) is 13.7.